The van der Waals surface area contributed by atoms with Crippen molar-refractivity contribution in [2.75, 3.05) is 0 Å². The summed E-state index contributed by atoms with van der Waals surface area (Å²) in [4.78, 5) is 15.4. The number of imidazole rings is 1. The summed E-state index contributed by atoms with van der Waals surface area (Å²) in [6.07, 6.45) is 3.52. The number of carboxylic acid groups (broad SMARTS) is 1. The zero-order chi connectivity index (χ0) is 16.4. The van der Waals surface area contributed by atoms with Crippen molar-refractivity contribution in [1.29, 1.82) is 0 Å². The van der Waals surface area contributed by atoms with Gasteiger partial charge in [0.05, 0.1) is 5.56 Å². The molecule has 0 saturated carbocycles. The lowest BCUT2D eigenvalue weighted by atomic mass is 10.1. The lowest BCUT2D eigenvalue weighted by molar-refractivity contribution is 0.0696. The van der Waals surface area contributed by atoms with Gasteiger partial charge < -0.3 is 9.67 Å². The molecule has 4 nitrogen and oxygen atoms in total. The number of hydrogen-bond acceptors (Lipinski definition) is 2. The zero-order valence-corrected chi connectivity index (χ0v) is 13.4. The van der Waals surface area contributed by atoms with Crippen molar-refractivity contribution in [3.8, 4) is 11.4 Å². The van der Waals surface area contributed by atoms with Gasteiger partial charge in [-0.15, -0.1) is 0 Å². The van der Waals surface area contributed by atoms with Crippen LogP contribution in [0.15, 0.2) is 54.9 Å². The molecule has 3 rings (SSSR count). The molecular weight excluding hydrogens is 335 g/mol. The Morgan fingerprint density at radius 3 is 2.57 bits per heavy atom. The van der Waals surface area contributed by atoms with Crippen LogP contribution in [0.4, 0.5) is 0 Å². The Labute approximate surface area is 142 Å². The third kappa shape index (κ3) is 3.55. The summed E-state index contributed by atoms with van der Waals surface area (Å²) in [6, 6.07) is 12.1. The van der Waals surface area contributed by atoms with Gasteiger partial charge in [-0.25, -0.2) is 9.78 Å². The number of aromatic carboxylic acids is 1. The summed E-state index contributed by atoms with van der Waals surface area (Å²) >= 11 is 12.1. The van der Waals surface area contributed by atoms with E-state index in [1.807, 2.05) is 16.8 Å². The fourth-order valence-electron chi connectivity index (χ4n) is 2.38. The minimum atomic E-state index is -0.945. The van der Waals surface area contributed by atoms with Crippen LogP contribution in [0.5, 0.6) is 0 Å². The first-order valence-electron chi connectivity index (χ1n) is 6.83. The minimum absolute atomic E-state index is 0.259. The second kappa shape index (κ2) is 6.44. The third-order valence-corrected chi connectivity index (χ3v) is 3.80. The van der Waals surface area contributed by atoms with E-state index >= 15 is 0 Å². The molecule has 0 unspecified atom stereocenters. The van der Waals surface area contributed by atoms with Crippen molar-refractivity contribution in [3.63, 3.8) is 0 Å². The van der Waals surface area contributed by atoms with Crippen LogP contribution in [0.25, 0.3) is 11.4 Å². The Hall–Kier alpha value is -2.30. The van der Waals surface area contributed by atoms with E-state index in [-0.39, 0.29) is 5.56 Å². The molecule has 0 aliphatic heterocycles. The second-order valence-electron chi connectivity index (χ2n) is 5.04. The van der Waals surface area contributed by atoms with Gasteiger partial charge in [-0.1, -0.05) is 35.3 Å². The third-order valence-electron chi connectivity index (χ3n) is 3.36. The van der Waals surface area contributed by atoms with E-state index in [1.54, 1.807) is 42.6 Å². The number of carboxylic acids is 1. The molecule has 2 aromatic carbocycles. The van der Waals surface area contributed by atoms with Crippen LogP contribution < -0.4 is 0 Å². The number of benzene rings is 2. The molecule has 0 bridgehead atoms. The van der Waals surface area contributed by atoms with Crippen LogP contribution in [-0.4, -0.2) is 20.6 Å². The zero-order valence-electron chi connectivity index (χ0n) is 11.9. The first-order valence-corrected chi connectivity index (χ1v) is 7.58. The first kappa shape index (κ1) is 15.6. The number of carbonyl (C=O) groups is 1. The van der Waals surface area contributed by atoms with Crippen LogP contribution in [0.1, 0.15) is 15.9 Å². The fraction of sp³-hybridized carbons (Fsp3) is 0.0588. The van der Waals surface area contributed by atoms with Gasteiger partial charge in [-0.3, -0.25) is 0 Å². The molecule has 6 heteroatoms. The van der Waals surface area contributed by atoms with Gasteiger partial charge in [-0.05, 0) is 35.9 Å². The van der Waals surface area contributed by atoms with Crippen molar-refractivity contribution in [2.24, 2.45) is 0 Å². The van der Waals surface area contributed by atoms with Gasteiger partial charge in [0, 0.05) is 34.5 Å². The highest BCUT2D eigenvalue weighted by Gasteiger charge is 2.10. The van der Waals surface area contributed by atoms with Gasteiger partial charge in [-0.2, -0.15) is 0 Å². The molecule has 3 aromatic rings. The van der Waals surface area contributed by atoms with E-state index in [0.717, 1.165) is 17.0 Å². The molecule has 0 fully saturated rings. The van der Waals surface area contributed by atoms with E-state index in [4.69, 9.17) is 28.3 Å². The van der Waals surface area contributed by atoms with Crippen molar-refractivity contribution in [1.82, 2.24) is 9.55 Å². The molecule has 0 radical (unpaired) electrons. The van der Waals surface area contributed by atoms with Crippen LogP contribution in [0, 0.1) is 0 Å². The molecule has 0 spiro atoms. The molecule has 0 amide bonds. The predicted molar refractivity (Wildman–Crippen MR) is 90.2 cm³/mol. The van der Waals surface area contributed by atoms with Gasteiger partial charge in [0.15, 0.2) is 0 Å². The normalized spacial score (nSPS) is 10.7. The van der Waals surface area contributed by atoms with Gasteiger partial charge in [0.25, 0.3) is 0 Å². The number of nitrogens with zero attached hydrogens (tertiary/aromatic N) is 2. The number of halogens is 2. The highest BCUT2D eigenvalue weighted by atomic mass is 35.5. The topological polar surface area (TPSA) is 55.1 Å². The highest BCUT2D eigenvalue weighted by molar-refractivity contribution is 6.35. The Morgan fingerprint density at radius 2 is 1.87 bits per heavy atom. The molecule has 0 aliphatic rings. The summed E-state index contributed by atoms with van der Waals surface area (Å²) in [5.74, 6) is -0.227. The van der Waals surface area contributed by atoms with Gasteiger partial charge in [0.2, 0.25) is 0 Å². The van der Waals surface area contributed by atoms with E-state index in [1.165, 1.54) is 0 Å². The van der Waals surface area contributed by atoms with E-state index in [2.05, 4.69) is 4.98 Å². The summed E-state index contributed by atoms with van der Waals surface area (Å²) in [6.45, 7) is 0.501. The average molecular weight is 347 g/mol. The Morgan fingerprint density at radius 1 is 1.13 bits per heavy atom. The smallest absolute Gasteiger partial charge is 0.335 e. The molecule has 1 N–H and O–H groups in total. The second-order valence-corrected chi connectivity index (χ2v) is 5.92. The molecule has 116 valence electrons. The molecule has 1 aromatic heterocycles. The molecule has 1 heterocycles. The van der Waals surface area contributed by atoms with Gasteiger partial charge in [0.1, 0.15) is 5.82 Å². The maximum Gasteiger partial charge on any atom is 0.335 e. The van der Waals surface area contributed by atoms with Crippen molar-refractivity contribution < 1.29 is 9.90 Å². The molecule has 0 saturated heterocycles. The van der Waals surface area contributed by atoms with Gasteiger partial charge >= 0.3 is 5.97 Å². The fourth-order valence-corrected chi connectivity index (χ4v) is 2.91. The van der Waals surface area contributed by atoms with E-state index in [0.29, 0.717) is 16.6 Å². The first-order chi connectivity index (χ1) is 11.0. The standard InChI is InChI=1S/C17H12Cl2N2O2/c18-14-7-13(8-15(19)9-14)16-20-4-5-21(16)10-11-2-1-3-12(6-11)17(22)23/h1-9H,10H2,(H,22,23). The Kier molecular flexibility index (Phi) is 4.37. The van der Waals surface area contributed by atoms with E-state index in [9.17, 15) is 4.79 Å². The molecule has 0 atom stereocenters. The summed E-state index contributed by atoms with van der Waals surface area (Å²) in [5.41, 5.74) is 1.94. The summed E-state index contributed by atoms with van der Waals surface area (Å²) in [7, 11) is 0. The van der Waals surface area contributed by atoms with E-state index < -0.39 is 5.97 Å². The monoisotopic (exact) mass is 346 g/mol. The Balaban J connectivity index is 1.95. The number of aromatic nitrogens is 2. The minimum Gasteiger partial charge on any atom is -0.478 e. The van der Waals surface area contributed by atoms with Crippen LogP contribution >= 0.6 is 23.2 Å². The highest BCUT2D eigenvalue weighted by Crippen LogP contribution is 2.26. The van der Waals surface area contributed by atoms with Crippen molar-refractivity contribution >= 4 is 29.2 Å². The van der Waals surface area contributed by atoms with Crippen LogP contribution in [-0.2, 0) is 6.54 Å². The maximum atomic E-state index is 11.1. The van der Waals surface area contributed by atoms with Crippen molar-refractivity contribution in [2.45, 2.75) is 6.54 Å². The SMILES string of the molecule is O=C(O)c1cccc(Cn2ccnc2-c2cc(Cl)cc(Cl)c2)c1. The average Bonchev–Trinajstić information content (AvgIpc) is 2.94. The number of rotatable bonds is 4. The summed E-state index contributed by atoms with van der Waals surface area (Å²) < 4.78 is 1.92. The lowest BCUT2D eigenvalue weighted by Gasteiger charge is -2.09. The van der Waals surface area contributed by atoms with Crippen molar-refractivity contribution in [3.05, 3.63) is 76.0 Å². The largest absolute Gasteiger partial charge is 0.478 e. The maximum absolute atomic E-state index is 11.1. The summed E-state index contributed by atoms with van der Waals surface area (Å²) in [5, 5.41) is 10.2. The molecule has 0 aliphatic carbocycles. The quantitative estimate of drug-likeness (QED) is 0.750. The molecule has 23 heavy (non-hydrogen) atoms. The molecular formula is C17H12Cl2N2O2. The lowest BCUT2D eigenvalue weighted by Crippen LogP contribution is -2.03. The van der Waals surface area contributed by atoms with Crippen LogP contribution in [0.3, 0.4) is 0 Å². The Bertz CT molecular complexity index is 854. The predicted octanol–water partition coefficient (Wildman–Crippen LogP) is 4.60. The number of hydrogen-bond donors (Lipinski definition) is 1. The van der Waals surface area contributed by atoms with Crippen LogP contribution in [0.2, 0.25) is 10.0 Å².